The zero-order valence-corrected chi connectivity index (χ0v) is 14.1. The molecule has 0 unspecified atom stereocenters. The van der Waals surface area contributed by atoms with E-state index in [-0.39, 0.29) is 0 Å². The number of hydrogen-bond donors (Lipinski definition) is 1. The van der Waals surface area contributed by atoms with Gasteiger partial charge in [0.1, 0.15) is 5.82 Å². The van der Waals surface area contributed by atoms with Gasteiger partial charge < -0.3 is 9.88 Å². The van der Waals surface area contributed by atoms with E-state index >= 15 is 0 Å². The summed E-state index contributed by atoms with van der Waals surface area (Å²) < 4.78 is 2.82. The van der Waals surface area contributed by atoms with E-state index in [1.165, 1.54) is 24.2 Å². The fourth-order valence-corrected chi connectivity index (χ4v) is 3.76. The molecule has 5 nitrogen and oxygen atoms in total. The van der Waals surface area contributed by atoms with E-state index in [2.05, 4.69) is 43.3 Å². The second-order valence-electron chi connectivity index (χ2n) is 5.56. The van der Waals surface area contributed by atoms with Crippen LogP contribution in [0.15, 0.2) is 30.5 Å². The molecule has 2 aromatic heterocycles. The Morgan fingerprint density at radius 2 is 2.22 bits per heavy atom. The Bertz CT molecular complexity index is 825. The number of halogens is 1. The average molecular weight is 346 g/mol. The number of fused-ring (bicyclic) bond motifs is 1. The number of aryl methyl sites for hydroxylation is 1. The van der Waals surface area contributed by atoms with Crippen molar-refractivity contribution < 1.29 is 0 Å². The highest BCUT2D eigenvalue weighted by atomic mass is 35.5. The van der Waals surface area contributed by atoms with Gasteiger partial charge >= 0.3 is 0 Å². The molecule has 7 heteroatoms. The van der Waals surface area contributed by atoms with Crippen molar-refractivity contribution in [2.45, 2.75) is 32.4 Å². The maximum absolute atomic E-state index is 5.86. The topological polar surface area (TPSA) is 55.6 Å². The zero-order valence-electron chi connectivity index (χ0n) is 12.5. The van der Waals surface area contributed by atoms with Crippen LogP contribution in [0.1, 0.15) is 23.5 Å². The minimum absolute atomic E-state index is 0.575. The van der Waals surface area contributed by atoms with Gasteiger partial charge in [-0.15, -0.1) is 21.5 Å². The lowest BCUT2D eigenvalue weighted by Gasteiger charge is -2.15. The van der Waals surface area contributed by atoms with Crippen molar-refractivity contribution >= 4 is 28.6 Å². The molecule has 0 fully saturated rings. The summed E-state index contributed by atoms with van der Waals surface area (Å²) in [5.74, 6) is 2.06. The summed E-state index contributed by atoms with van der Waals surface area (Å²) >= 11 is 7.36. The van der Waals surface area contributed by atoms with Crippen molar-refractivity contribution in [3.63, 3.8) is 0 Å². The summed E-state index contributed by atoms with van der Waals surface area (Å²) in [7, 11) is 0. The molecule has 1 N–H and O–H groups in total. The van der Waals surface area contributed by atoms with Crippen molar-refractivity contribution in [2.75, 3.05) is 5.32 Å². The van der Waals surface area contributed by atoms with Crippen LogP contribution >= 0.6 is 22.9 Å². The number of hydrogen-bond acceptors (Lipinski definition) is 5. The van der Waals surface area contributed by atoms with Gasteiger partial charge in [0.15, 0.2) is 10.3 Å². The highest BCUT2D eigenvalue weighted by Gasteiger charge is 2.16. The molecule has 0 amide bonds. The standard InChI is InChI=1S/C16H16ClN5S/c17-16-19-10-13(23-16)9-18-12-5-3-4-11(8-12)15-21-20-14-6-1-2-7-22(14)15/h3-5,8,10,18H,1-2,6-7,9H2. The molecule has 1 aliphatic heterocycles. The van der Waals surface area contributed by atoms with Crippen LogP contribution < -0.4 is 5.32 Å². The molecule has 3 heterocycles. The first kappa shape index (κ1) is 14.7. The summed E-state index contributed by atoms with van der Waals surface area (Å²) in [4.78, 5) is 5.17. The number of anilines is 1. The lowest BCUT2D eigenvalue weighted by Crippen LogP contribution is -2.11. The van der Waals surface area contributed by atoms with Gasteiger partial charge in [0.05, 0.1) is 6.54 Å². The molecule has 4 rings (SSSR count). The zero-order chi connectivity index (χ0) is 15.6. The van der Waals surface area contributed by atoms with Crippen molar-refractivity contribution in [3.05, 3.63) is 45.6 Å². The van der Waals surface area contributed by atoms with E-state index in [9.17, 15) is 0 Å². The van der Waals surface area contributed by atoms with Crippen LogP contribution in [-0.4, -0.2) is 19.7 Å². The Kier molecular flexibility index (Phi) is 4.01. The third-order valence-corrected chi connectivity index (χ3v) is 5.09. The average Bonchev–Trinajstić information content (AvgIpc) is 3.19. The third kappa shape index (κ3) is 3.09. The minimum Gasteiger partial charge on any atom is -0.380 e. The second-order valence-corrected chi connectivity index (χ2v) is 7.26. The molecular formula is C16H16ClN5S. The fourth-order valence-electron chi connectivity index (χ4n) is 2.84. The van der Waals surface area contributed by atoms with Gasteiger partial charge in [0, 0.05) is 35.3 Å². The van der Waals surface area contributed by atoms with E-state index < -0.39 is 0 Å². The summed E-state index contributed by atoms with van der Waals surface area (Å²) in [6.07, 6.45) is 5.23. The number of nitrogens with one attached hydrogen (secondary N) is 1. The molecule has 1 aliphatic rings. The maximum Gasteiger partial charge on any atom is 0.183 e. The summed E-state index contributed by atoms with van der Waals surface area (Å²) in [5, 5.41) is 12.1. The van der Waals surface area contributed by atoms with Gasteiger partial charge in [-0.1, -0.05) is 23.7 Å². The van der Waals surface area contributed by atoms with Crippen LogP contribution in [0.2, 0.25) is 4.47 Å². The Morgan fingerprint density at radius 3 is 3.09 bits per heavy atom. The van der Waals surface area contributed by atoms with Crippen molar-refractivity contribution in [3.8, 4) is 11.4 Å². The Labute approximate surface area is 143 Å². The number of thiazole rings is 1. The van der Waals surface area contributed by atoms with Crippen molar-refractivity contribution in [2.24, 2.45) is 0 Å². The monoisotopic (exact) mass is 345 g/mol. The number of nitrogens with zero attached hydrogens (tertiary/aromatic N) is 4. The Balaban J connectivity index is 1.55. The lowest BCUT2D eigenvalue weighted by atomic mass is 10.1. The van der Waals surface area contributed by atoms with E-state index in [0.29, 0.717) is 11.0 Å². The van der Waals surface area contributed by atoms with Gasteiger partial charge in [-0.25, -0.2) is 4.98 Å². The van der Waals surface area contributed by atoms with Gasteiger partial charge in [-0.05, 0) is 25.0 Å². The molecule has 0 aliphatic carbocycles. The molecular weight excluding hydrogens is 330 g/mol. The second kappa shape index (κ2) is 6.29. The first-order chi connectivity index (χ1) is 11.3. The van der Waals surface area contributed by atoms with Crippen LogP contribution in [0.5, 0.6) is 0 Å². The molecule has 0 bridgehead atoms. The SMILES string of the molecule is Clc1ncc(CNc2cccc(-c3nnc4n3CCCC4)c2)s1. The molecule has 0 spiro atoms. The predicted molar refractivity (Wildman–Crippen MR) is 92.8 cm³/mol. The Hall–Kier alpha value is -1.92. The van der Waals surface area contributed by atoms with Crippen LogP contribution in [-0.2, 0) is 19.5 Å². The smallest absolute Gasteiger partial charge is 0.183 e. The largest absolute Gasteiger partial charge is 0.380 e. The lowest BCUT2D eigenvalue weighted by molar-refractivity contribution is 0.526. The predicted octanol–water partition coefficient (Wildman–Crippen LogP) is 4.00. The van der Waals surface area contributed by atoms with E-state index in [1.807, 2.05) is 6.07 Å². The quantitative estimate of drug-likeness (QED) is 0.776. The van der Waals surface area contributed by atoms with Gasteiger partial charge in [-0.2, -0.15) is 0 Å². The molecule has 0 saturated heterocycles. The molecule has 1 aromatic carbocycles. The molecule has 0 atom stereocenters. The minimum atomic E-state index is 0.575. The molecule has 0 radical (unpaired) electrons. The summed E-state index contributed by atoms with van der Waals surface area (Å²) in [6.45, 7) is 1.72. The summed E-state index contributed by atoms with van der Waals surface area (Å²) in [6, 6.07) is 8.30. The third-order valence-electron chi connectivity index (χ3n) is 3.97. The maximum atomic E-state index is 5.86. The molecule has 23 heavy (non-hydrogen) atoms. The van der Waals surface area contributed by atoms with Gasteiger partial charge in [-0.3, -0.25) is 0 Å². The number of rotatable bonds is 4. The van der Waals surface area contributed by atoms with Crippen LogP contribution in [0.3, 0.4) is 0 Å². The molecule has 3 aromatic rings. The molecule has 118 valence electrons. The number of aromatic nitrogens is 4. The first-order valence-electron chi connectivity index (χ1n) is 7.66. The van der Waals surface area contributed by atoms with Gasteiger partial charge in [0.25, 0.3) is 0 Å². The number of benzene rings is 1. The van der Waals surface area contributed by atoms with E-state index in [4.69, 9.17) is 11.6 Å². The first-order valence-corrected chi connectivity index (χ1v) is 8.85. The normalized spacial score (nSPS) is 13.8. The van der Waals surface area contributed by atoms with E-state index in [0.717, 1.165) is 40.7 Å². The summed E-state index contributed by atoms with van der Waals surface area (Å²) in [5.41, 5.74) is 2.15. The van der Waals surface area contributed by atoms with Crippen molar-refractivity contribution in [1.82, 2.24) is 19.7 Å². The fraction of sp³-hybridized carbons (Fsp3) is 0.312. The Morgan fingerprint density at radius 1 is 1.26 bits per heavy atom. The molecule has 0 saturated carbocycles. The van der Waals surface area contributed by atoms with Gasteiger partial charge in [0.2, 0.25) is 0 Å². The highest BCUT2D eigenvalue weighted by Crippen LogP contribution is 2.26. The van der Waals surface area contributed by atoms with Crippen molar-refractivity contribution in [1.29, 1.82) is 0 Å². The highest BCUT2D eigenvalue weighted by molar-refractivity contribution is 7.15. The van der Waals surface area contributed by atoms with Crippen LogP contribution in [0.25, 0.3) is 11.4 Å². The van der Waals surface area contributed by atoms with Crippen LogP contribution in [0.4, 0.5) is 5.69 Å². The van der Waals surface area contributed by atoms with Crippen LogP contribution in [0, 0.1) is 0 Å². The van der Waals surface area contributed by atoms with E-state index in [1.54, 1.807) is 6.20 Å².